The first-order valence-corrected chi connectivity index (χ1v) is 7.31. The smallest absolute Gasteiger partial charge is 0.118 e. The summed E-state index contributed by atoms with van der Waals surface area (Å²) >= 11 is 0. The molecule has 2 rings (SSSR count). The van der Waals surface area contributed by atoms with E-state index in [0.29, 0.717) is 0 Å². The molecule has 3 nitrogen and oxygen atoms in total. The lowest BCUT2D eigenvalue weighted by Gasteiger charge is -2.21. The van der Waals surface area contributed by atoms with E-state index < -0.39 is 0 Å². The van der Waals surface area contributed by atoms with Gasteiger partial charge >= 0.3 is 0 Å². The fourth-order valence-electron chi connectivity index (χ4n) is 2.35. The van der Waals surface area contributed by atoms with Gasteiger partial charge in [-0.25, -0.2) is 0 Å². The zero-order valence-corrected chi connectivity index (χ0v) is 12.8. The fraction of sp³-hybridized carbons (Fsp3) is 0.333. The Morgan fingerprint density at radius 3 is 2.33 bits per heavy atom. The second-order valence-corrected chi connectivity index (χ2v) is 5.38. The number of hydrogen-bond donors (Lipinski definition) is 1. The molecule has 0 bridgehead atoms. The molecule has 3 heteroatoms. The number of likely N-dealkylation sites (N-methyl/N-ethyl adjacent to an activating group) is 1. The van der Waals surface area contributed by atoms with Crippen LogP contribution >= 0.6 is 0 Å². The van der Waals surface area contributed by atoms with Gasteiger partial charge in [0.2, 0.25) is 0 Å². The van der Waals surface area contributed by atoms with Gasteiger partial charge in [0.25, 0.3) is 0 Å². The van der Waals surface area contributed by atoms with E-state index in [4.69, 9.17) is 10.5 Å². The Kier molecular flexibility index (Phi) is 5.78. The van der Waals surface area contributed by atoms with Crippen LogP contribution in [0.1, 0.15) is 17.2 Å². The van der Waals surface area contributed by atoms with Crippen molar-refractivity contribution < 1.29 is 4.74 Å². The normalized spacial score (nSPS) is 12.4. The van der Waals surface area contributed by atoms with Crippen molar-refractivity contribution in [3.05, 3.63) is 65.7 Å². The highest BCUT2D eigenvalue weighted by Crippen LogP contribution is 2.16. The van der Waals surface area contributed by atoms with Crippen molar-refractivity contribution in [2.24, 2.45) is 5.73 Å². The molecule has 0 saturated heterocycles. The number of rotatable bonds is 7. The van der Waals surface area contributed by atoms with Crippen LogP contribution in [0.15, 0.2) is 54.6 Å². The SMILES string of the molecule is COc1ccc(C(N)CN(C)CCc2ccccc2)cc1. The number of nitrogens with two attached hydrogens (primary N) is 1. The maximum absolute atomic E-state index is 6.27. The molecule has 2 aromatic carbocycles. The molecule has 2 aromatic rings. The quantitative estimate of drug-likeness (QED) is 0.849. The van der Waals surface area contributed by atoms with Crippen LogP contribution in [0, 0.1) is 0 Å². The predicted octanol–water partition coefficient (Wildman–Crippen LogP) is 2.87. The molecule has 1 atom stereocenters. The van der Waals surface area contributed by atoms with Gasteiger partial charge in [0.1, 0.15) is 5.75 Å². The third-order valence-electron chi connectivity index (χ3n) is 3.68. The molecule has 0 saturated carbocycles. The van der Waals surface area contributed by atoms with E-state index in [1.807, 2.05) is 30.3 Å². The van der Waals surface area contributed by atoms with E-state index >= 15 is 0 Å². The Balaban J connectivity index is 1.82. The molecular weight excluding hydrogens is 260 g/mol. The summed E-state index contributed by atoms with van der Waals surface area (Å²) in [6.45, 7) is 1.85. The van der Waals surface area contributed by atoms with E-state index in [0.717, 1.165) is 30.8 Å². The van der Waals surface area contributed by atoms with Gasteiger partial charge in [-0.15, -0.1) is 0 Å². The molecule has 0 spiro atoms. The van der Waals surface area contributed by atoms with Gasteiger partial charge in [-0.3, -0.25) is 0 Å². The Bertz CT molecular complexity index is 525. The molecule has 0 fully saturated rings. The fourth-order valence-corrected chi connectivity index (χ4v) is 2.35. The van der Waals surface area contributed by atoms with E-state index in [2.05, 4.69) is 36.2 Å². The van der Waals surface area contributed by atoms with Crippen molar-refractivity contribution in [1.29, 1.82) is 0 Å². The Morgan fingerprint density at radius 2 is 1.71 bits per heavy atom. The first-order chi connectivity index (χ1) is 10.2. The molecule has 2 N–H and O–H groups in total. The zero-order valence-electron chi connectivity index (χ0n) is 12.8. The summed E-state index contributed by atoms with van der Waals surface area (Å²) in [7, 11) is 3.79. The Morgan fingerprint density at radius 1 is 1.05 bits per heavy atom. The van der Waals surface area contributed by atoms with E-state index in [9.17, 15) is 0 Å². The minimum absolute atomic E-state index is 0.0247. The monoisotopic (exact) mass is 284 g/mol. The molecule has 0 aliphatic heterocycles. The molecule has 112 valence electrons. The first-order valence-electron chi connectivity index (χ1n) is 7.31. The van der Waals surface area contributed by atoms with Crippen LogP contribution in [0.5, 0.6) is 5.75 Å². The van der Waals surface area contributed by atoms with Crippen molar-refractivity contribution in [3.63, 3.8) is 0 Å². The lowest BCUT2D eigenvalue weighted by molar-refractivity contribution is 0.316. The lowest BCUT2D eigenvalue weighted by Crippen LogP contribution is -2.30. The zero-order chi connectivity index (χ0) is 15.1. The van der Waals surface area contributed by atoms with Crippen LogP contribution in [-0.2, 0) is 6.42 Å². The summed E-state index contributed by atoms with van der Waals surface area (Å²) in [4.78, 5) is 2.28. The maximum atomic E-state index is 6.27. The van der Waals surface area contributed by atoms with Crippen molar-refractivity contribution in [1.82, 2.24) is 4.90 Å². The average Bonchev–Trinajstić information content (AvgIpc) is 2.54. The Hall–Kier alpha value is -1.84. The highest BCUT2D eigenvalue weighted by Gasteiger charge is 2.09. The number of ether oxygens (including phenoxy) is 1. The number of hydrogen-bond acceptors (Lipinski definition) is 3. The standard InChI is InChI=1S/C18H24N2O/c1-20(13-12-15-6-4-3-5-7-15)14-18(19)16-8-10-17(21-2)11-9-16/h3-11,18H,12-14,19H2,1-2H3. The largest absolute Gasteiger partial charge is 0.497 e. The third-order valence-corrected chi connectivity index (χ3v) is 3.68. The summed E-state index contributed by atoms with van der Waals surface area (Å²) in [5.74, 6) is 0.864. The van der Waals surface area contributed by atoms with Gasteiger partial charge in [0.15, 0.2) is 0 Å². The van der Waals surface area contributed by atoms with Crippen LogP contribution in [-0.4, -0.2) is 32.1 Å². The van der Waals surface area contributed by atoms with Gasteiger partial charge in [-0.1, -0.05) is 42.5 Å². The number of benzene rings is 2. The van der Waals surface area contributed by atoms with Gasteiger partial charge in [0.05, 0.1) is 7.11 Å². The first kappa shape index (κ1) is 15.5. The molecule has 0 aliphatic rings. The highest BCUT2D eigenvalue weighted by molar-refractivity contribution is 5.29. The Labute approximate surface area is 127 Å². The van der Waals surface area contributed by atoms with Gasteiger partial charge in [-0.05, 0) is 36.7 Å². The number of nitrogens with zero attached hydrogens (tertiary/aromatic N) is 1. The van der Waals surface area contributed by atoms with Crippen molar-refractivity contribution >= 4 is 0 Å². The second kappa shape index (κ2) is 7.81. The molecule has 21 heavy (non-hydrogen) atoms. The highest BCUT2D eigenvalue weighted by atomic mass is 16.5. The van der Waals surface area contributed by atoms with Gasteiger partial charge in [-0.2, -0.15) is 0 Å². The molecule has 0 amide bonds. The second-order valence-electron chi connectivity index (χ2n) is 5.38. The molecule has 0 radical (unpaired) electrons. The van der Waals surface area contributed by atoms with Crippen LogP contribution in [0.3, 0.4) is 0 Å². The summed E-state index contributed by atoms with van der Waals surface area (Å²) in [6, 6.07) is 18.6. The minimum Gasteiger partial charge on any atom is -0.497 e. The van der Waals surface area contributed by atoms with Gasteiger partial charge < -0.3 is 15.4 Å². The topological polar surface area (TPSA) is 38.5 Å². The lowest BCUT2D eigenvalue weighted by atomic mass is 10.1. The van der Waals surface area contributed by atoms with E-state index in [1.54, 1.807) is 7.11 Å². The molecule has 1 unspecified atom stereocenters. The number of methoxy groups -OCH3 is 1. The molecular formula is C18H24N2O. The molecule has 0 heterocycles. The van der Waals surface area contributed by atoms with Crippen molar-refractivity contribution in [2.45, 2.75) is 12.5 Å². The van der Waals surface area contributed by atoms with Crippen molar-refractivity contribution in [3.8, 4) is 5.75 Å². The van der Waals surface area contributed by atoms with Crippen LogP contribution in [0.2, 0.25) is 0 Å². The minimum atomic E-state index is 0.0247. The van der Waals surface area contributed by atoms with Crippen molar-refractivity contribution in [2.75, 3.05) is 27.2 Å². The average molecular weight is 284 g/mol. The third kappa shape index (κ3) is 4.88. The summed E-state index contributed by atoms with van der Waals surface area (Å²) in [6.07, 6.45) is 1.05. The summed E-state index contributed by atoms with van der Waals surface area (Å²) in [5, 5.41) is 0. The summed E-state index contributed by atoms with van der Waals surface area (Å²) < 4.78 is 5.17. The van der Waals surface area contributed by atoms with Gasteiger partial charge in [0, 0.05) is 19.1 Å². The van der Waals surface area contributed by atoms with Crippen LogP contribution in [0.25, 0.3) is 0 Å². The van der Waals surface area contributed by atoms with E-state index in [1.165, 1.54) is 5.56 Å². The predicted molar refractivity (Wildman–Crippen MR) is 87.6 cm³/mol. The maximum Gasteiger partial charge on any atom is 0.118 e. The summed E-state index contributed by atoms with van der Waals surface area (Å²) in [5.41, 5.74) is 8.78. The van der Waals surface area contributed by atoms with Crippen LogP contribution in [0.4, 0.5) is 0 Å². The molecule has 0 aromatic heterocycles. The molecule has 0 aliphatic carbocycles. The van der Waals surface area contributed by atoms with E-state index in [-0.39, 0.29) is 6.04 Å². The van der Waals surface area contributed by atoms with Crippen LogP contribution < -0.4 is 10.5 Å².